The van der Waals surface area contributed by atoms with Gasteiger partial charge in [0.1, 0.15) is 17.9 Å². The maximum Gasteiger partial charge on any atom is 0.237 e. The van der Waals surface area contributed by atoms with Crippen LogP contribution in [0, 0.1) is 16.7 Å². The summed E-state index contributed by atoms with van der Waals surface area (Å²) in [5.74, 6) is -0.213. The van der Waals surface area contributed by atoms with E-state index in [1.807, 2.05) is 29.6 Å². The molecular weight excluding hydrogens is 455 g/mol. The number of nitriles is 1. The highest BCUT2D eigenvalue weighted by molar-refractivity contribution is 7.14. The first kappa shape index (κ1) is 22.9. The Kier molecular flexibility index (Phi) is 6.08. The molecule has 1 aliphatic heterocycles. The van der Waals surface area contributed by atoms with Crippen molar-refractivity contribution in [3.8, 4) is 17.5 Å². The number of nitrogens with zero attached hydrogens (tertiary/aromatic N) is 4. The van der Waals surface area contributed by atoms with Gasteiger partial charge in [0.05, 0.1) is 24.9 Å². The molecule has 2 aromatic rings. The molecule has 4 fully saturated rings. The van der Waals surface area contributed by atoms with E-state index in [2.05, 4.69) is 20.6 Å². The Labute approximate surface area is 201 Å². The number of carbonyl (C=O) groups is 2. The summed E-state index contributed by atoms with van der Waals surface area (Å²) in [7, 11) is 0. The lowest BCUT2D eigenvalue weighted by Gasteiger charge is -2.52. The molecule has 3 aliphatic carbocycles. The molecule has 3 heterocycles. The van der Waals surface area contributed by atoms with Crippen molar-refractivity contribution in [3.05, 3.63) is 29.8 Å². The first-order chi connectivity index (χ1) is 16.4. The predicted molar refractivity (Wildman–Crippen MR) is 125 cm³/mol. The number of halogens is 1. The van der Waals surface area contributed by atoms with Gasteiger partial charge in [0.2, 0.25) is 11.8 Å². The van der Waals surface area contributed by atoms with Gasteiger partial charge < -0.3 is 15.5 Å². The van der Waals surface area contributed by atoms with Crippen molar-refractivity contribution < 1.29 is 14.0 Å². The highest BCUT2D eigenvalue weighted by Gasteiger charge is 2.52. The fraction of sp³-hybridized carbons (Fsp3) is 0.542. The average Bonchev–Trinajstić information content (AvgIpc) is 3.50. The van der Waals surface area contributed by atoms with Gasteiger partial charge in [0.25, 0.3) is 0 Å². The van der Waals surface area contributed by atoms with Crippen LogP contribution in [0.15, 0.2) is 29.8 Å². The number of alkyl halides is 1. The zero-order valence-electron chi connectivity index (χ0n) is 18.8. The van der Waals surface area contributed by atoms with Gasteiger partial charge in [0.15, 0.2) is 5.13 Å². The molecule has 3 saturated carbocycles. The van der Waals surface area contributed by atoms with Gasteiger partial charge in [-0.05, 0) is 50.7 Å². The van der Waals surface area contributed by atoms with E-state index in [0.717, 1.165) is 49.9 Å². The Morgan fingerprint density at radius 1 is 1.21 bits per heavy atom. The van der Waals surface area contributed by atoms with Crippen molar-refractivity contribution in [2.45, 2.75) is 62.7 Å². The molecule has 4 aliphatic rings. The Morgan fingerprint density at radius 2 is 1.97 bits per heavy atom. The van der Waals surface area contributed by atoms with Gasteiger partial charge >= 0.3 is 0 Å². The molecule has 2 aromatic heterocycles. The molecule has 2 N–H and O–H groups in total. The topological polar surface area (TPSA) is 111 Å². The molecule has 34 heavy (non-hydrogen) atoms. The number of hydrogen-bond acceptors (Lipinski definition) is 7. The van der Waals surface area contributed by atoms with E-state index in [1.165, 1.54) is 16.2 Å². The largest absolute Gasteiger partial charge is 0.323 e. The second kappa shape index (κ2) is 9.04. The van der Waals surface area contributed by atoms with Gasteiger partial charge in [-0.1, -0.05) is 6.07 Å². The number of hydrogen-bond donors (Lipinski definition) is 2. The van der Waals surface area contributed by atoms with Gasteiger partial charge in [-0.3, -0.25) is 14.6 Å². The molecule has 0 radical (unpaired) electrons. The Bertz CT molecular complexity index is 1090. The molecule has 2 amide bonds. The molecule has 10 heteroatoms. The van der Waals surface area contributed by atoms with E-state index in [9.17, 15) is 19.2 Å². The highest BCUT2D eigenvalue weighted by atomic mass is 32.1. The summed E-state index contributed by atoms with van der Waals surface area (Å²) in [4.78, 5) is 36.0. The van der Waals surface area contributed by atoms with Crippen LogP contribution in [0.3, 0.4) is 0 Å². The summed E-state index contributed by atoms with van der Waals surface area (Å²) >= 11 is 1.40. The molecule has 2 atom stereocenters. The van der Waals surface area contributed by atoms with Gasteiger partial charge in [0, 0.05) is 29.0 Å². The maximum atomic E-state index is 13.7. The van der Waals surface area contributed by atoms with Crippen LogP contribution in [0.4, 0.5) is 9.52 Å². The minimum Gasteiger partial charge on any atom is -0.323 e. The van der Waals surface area contributed by atoms with Crippen LogP contribution in [0.1, 0.15) is 44.9 Å². The van der Waals surface area contributed by atoms with Crippen LogP contribution in [0.2, 0.25) is 0 Å². The van der Waals surface area contributed by atoms with Crippen molar-refractivity contribution >= 4 is 28.3 Å². The van der Waals surface area contributed by atoms with Gasteiger partial charge in [-0.25, -0.2) is 9.37 Å². The molecule has 178 valence electrons. The van der Waals surface area contributed by atoms with Gasteiger partial charge in [-0.2, -0.15) is 5.26 Å². The standard InChI is InChI=1S/C24H27FN6O2S/c25-16-11-17(12-26)31(14-16)20(32)13-28-24-7-4-23(5-8-24,6-9-24)21(33)30-22-29-19(15-34-22)18-3-1-2-10-27-18/h1-3,10,15-17,28H,4-9,11,13-14H2,(H,29,30,33)/t16-,17-,23?,24?/m0/s1. The quantitative estimate of drug-likeness (QED) is 0.654. The summed E-state index contributed by atoms with van der Waals surface area (Å²) in [6.45, 7) is 0.0906. The second-order valence-corrected chi connectivity index (χ2v) is 10.5. The molecule has 0 aromatic carbocycles. The SMILES string of the molecule is N#C[C@@H]1C[C@H](F)CN1C(=O)CNC12CCC(C(=O)Nc3nc(-c4ccccn4)cs3)(CC1)CC2. The van der Waals surface area contributed by atoms with E-state index in [1.54, 1.807) is 6.20 Å². The van der Waals surface area contributed by atoms with Crippen LogP contribution in [0.25, 0.3) is 11.4 Å². The Hall–Kier alpha value is -2.90. The first-order valence-corrected chi connectivity index (χ1v) is 12.6. The van der Waals surface area contributed by atoms with E-state index >= 15 is 0 Å². The number of carbonyl (C=O) groups excluding carboxylic acids is 2. The number of likely N-dealkylation sites (tertiary alicyclic amines) is 1. The summed E-state index contributed by atoms with van der Waals surface area (Å²) in [6.07, 6.45) is 5.32. The smallest absolute Gasteiger partial charge is 0.237 e. The monoisotopic (exact) mass is 482 g/mol. The van der Waals surface area contributed by atoms with Crippen LogP contribution in [-0.2, 0) is 9.59 Å². The summed E-state index contributed by atoms with van der Waals surface area (Å²) in [6, 6.07) is 6.99. The third kappa shape index (κ3) is 4.30. The molecule has 8 nitrogen and oxygen atoms in total. The van der Waals surface area contributed by atoms with E-state index in [-0.39, 0.29) is 36.9 Å². The normalized spacial score (nSPS) is 30.2. The summed E-state index contributed by atoms with van der Waals surface area (Å²) in [5, 5.41) is 18.1. The van der Waals surface area contributed by atoms with E-state index in [0.29, 0.717) is 5.13 Å². The molecule has 6 rings (SSSR count). The van der Waals surface area contributed by atoms with Crippen LogP contribution in [0.5, 0.6) is 0 Å². The fourth-order valence-electron chi connectivity index (χ4n) is 5.53. The maximum absolute atomic E-state index is 13.7. The highest BCUT2D eigenvalue weighted by Crippen LogP contribution is 2.52. The van der Waals surface area contributed by atoms with Gasteiger partial charge in [-0.15, -0.1) is 11.3 Å². The summed E-state index contributed by atoms with van der Waals surface area (Å²) in [5.41, 5.74) is 0.929. The summed E-state index contributed by atoms with van der Waals surface area (Å²) < 4.78 is 13.7. The Morgan fingerprint density at radius 3 is 2.65 bits per heavy atom. The zero-order valence-corrected chi connectivity index (χ0v) is 19.6. The first-order valence-electron chi connectivity index (χ1n) is 11.7. The number of pyridine rings is 1. The number of rotatable bonds is 6. The number of amides is 2. The van der Waals surface area contributed by atoms with Crippen molar-refractivity contribution in [1.29, 1.82) is 5.26 Å². The van der Waals surface area contributed by atoms with Crippen molar-refractivity contribution in [2.24, 2.45) is 5.41 Å². The average molecular weight is 483 g/mol. The van der Waals surface area contributed by atoms with E-state index in [4.69, 9.17) is 0 Å². The minimum absolute atomic E-state index is 0.00612. The second-order valence-electron chi connectivity index (χ2n) is 9.65. The van der Waals surface area contributed by atoms with Crippen molar-refractivity contribution in [3.63, 3.8) is 0 Å². The number of fused-ring (bicyclic) bond motifs is 3. The molecule has 0 unspecified atom stereocenters. The lowest BCUT2D eigenvalue weighted by Crippen LogP contribution is -2.59. The number of aromatic nitrogens is 2. The third-order valence-electron chi connectivity index (χ3n) is 7.71. The zero-order chi connectivity index (χ0) is 23.8. The van der Waals surface area contributed by atoms with Crippen molar-refractivity contribution in [1.82, 2.24) is 20.2 Å². The predicted octanol–water partition coefficient (Wildman–Crippen LogP) is 3.29. The molecule has 0 spiro atoms. The van der Waals surface area contributed by atoms with Crippen LogP contribution >= 0.6 is 11.3 Å². The van der Waals surface area contributed by atoms with Crippen LogP contribution < -0.4 is 10.6 Å². The number of thiazole rings is 1. The van der Waals surface area contributed by atoms with Crippen LogP contribution in [-0.4, -0.2) is 57.5 Å². The third-order valence-corrected chi connectivity index (χ3v) is 8.47. The van der Waals surface area contributed by atoms with E-state index < -0.39 is 17.6 Å². The molecule has 2 bridgehead atoms. The molecule has 1 saturated heterocycles. The molecular formula is C24H27FN6O2S. The fourth-order valence-corrected chi connectivity index (χ4v) is 6.23. The lowest BCUT2D eigenvalue weighted by molar-refractivity contribution is -0.135. The lowest BCUT2D eigenvalue weighted by atomic mass is 9.57. The Balaban J connectivity index is 1.16. The minimum atomic E-state index is -1.13. The number of nitrogens with one attached hydrogen (secondary N) is 2. The number of anilines is 1. The van der Waals surface area contributed by atoms with Crippen molar-refractivity contribution in [2.75, 3.05) is 18.4 Å².